The molecule has 0 saturated heterocycles. The predicted molar refractivity (Wildman–Crippen MR) is 90.0 cm³/mol. The molecule has 22 heavy (non-hydrogen) atoms. The smallest absolute Gasteiger partial charge is 0.222 e. The minimum absolute atomic E-state index is 0.0552. The fourth-order valence-electron chi connectivity index (χ4n) is 3.01. The monoisotopic (exact) mass is 294 g/mol. The average Bonchev–Trinajstić information content (AvgIpc) is 2.97. The second kappa shape index (κ2) is 6.65. The van der Waals surface area contributed by atoms with Gasteiger partial charge in [0.25, 0.3) is 0 Å². The lowest BCUT2D eigenvalue weighted by Crippen LogP contribution is -2.31. The van der Waals surface area contributed by atoms with Crippen molar-refractivity contribution in [3.05, 3.63) is 65.7 Å². The lowest BCUT2D eigenvalue weighted by molar-refractivity contribution is -0.121. The molecule has 114 valence electrons. The van der Waals surface area contributed by atoms with Crippen LogP contribution in [0.15, 0.2) is 54.6 Å². The molecule has 1 aliphatic heterocycles. The van der Waals surface area contributed by atoms with Crippen LogP contribution in [-0.2, 0) is 11.2 Å². The van der Waals surface area contributed by atoms with E-state index in [1.807, 2.05) is 37.3 Å². The Hall–Kier alpha value is -2.29. The molecule has 0 saturated carbocycles. The SMILES string of the molecule is CC(NC(=O)CCN1CCc2ccccc21)c1ccccc1. The van der Waals surface area contributed by atoms with E-state index in [1.54, 1.807) is 0 Å². The van der Waals surface area contributed by atoms with Gasteiger partial charge in [0.2, 0.25) is 5.91 Å². The number of benzene rings is 2. The van der Waals surface area contributed by atoms with Gasteiger partial charge in [0.15, 0.2) is 0 Å². The number of para-hydroxylation sites is 1. The number of anilines is 1. The van der Waals surface area contributed by atoms with Crippen molar-refractivity contribution in [3.8, 4) is 0 Å². The van der Waals surface area contributed by atoms with E-state index in [9.17, 15) is 4.79 Å². The van der Waals surface area contributed by atoms with Crippen LogP contribution in [0, 0.1) is 0 Å². The molecule has 2 aromatic rings. The van der Waals surface area contributed by atoms with Crippen LogP contribution >= 0.6 is 0 Å². The zero-order valence-corrected chi connectivity index (χ0v) is 13.0. The van der Waals surface area contributed by atoms with Gasteiger partial charge in [-0.15, -0.1) is 0 Å². The number of hydrogen-bond donors (Lipinski definition) is 1. The lowest BCUT2D eigenvalue weighted by atomic mass is 10.1. The van der Waals surface area contributed by atoms with Gasteiger partial charge in [-0.05, 0) is 30.5 Å². The maximum Gasteiger partial charge on any atom is 0.222 e. The van der Waals surface area contributed by atoms with Crippen LogP contribution in [0.4, 0.5) is 5.69 Å². The summed E-state index contributed by atoms with van der Waals surface area (Å²) in [6.45, 7) is 3.82. The first-order valence-corrected chi connectivity index (χ1v) is 7.91. The highest BCUT2D eigenvalue weighted by molar-refractivity contribution is 5.77. The van der Waals surface area contributed by atoms with Crippen LogP contribution in [0.2, 0.25) is 0 Å². The summed E-state index contributed by atoms with van der Waals surface area (Å²) in [5.74, 6) is 0.112. The Bertz CT molecular complexity index is 639. The molecule has 0 spiro atoms. The van der Waals surface area contributed by atoms with Gasteiger partial charge >= 0.3 is 0 Å². The normalized spacial score (nSPS) is 14.5. The van der Waals surface area contributed by atoms with E-state index < -0.39 is 0 Å². The highest BCUT2D eigenvalue weighted by atomic mass is 16.1. The molecule has 1 atom stereocenters. The minimum Gasteiger partial charge on any atom is -0.370 e. The van der Waals surface area contributed by atoms with E-state index in [0.29, 0.717) is 6.42 Å². The number of nitrogens with one attached hydrogen (secondary N) is 1. The van der Waals surface area contributed by atoms with Crippen molar-refractivity contribution in [1.29, 1.82) is 0 Å². The molecule has 0 aliphatic carbocycles. The second-order valence-electron chi connectivity index (χ2n) is 5.82. The van der Waals surface area contributed by atoms with Crippen LogP contribution in [0.3, 0.4) is 0 Å². The Morgan fingerprint density at radius 2 is 1.86 bits per heavy atom. The fraction of sp³-hybridized carbons (Fsp3) is 0.316. The van der Waals surface area contributed by atoms with Gasteiger partial charge < -0.3 is 10.2 Å². The van der Waals surface area contributed by atoms with Crippen molar-refractivity contribution in [1.82, 2.24) is 5.32 Å². The molecular formula is C19H22N2O. The number of carbonyl (C=O) groups is 1. The molecule has 0 fully saturated rings. The number of fused-ring (bicyclic) bond motifs is 1. The van der Waals surface area contributed by atoms with Crippen LogP contribution in [0.25, 0.3) is 0 Å². The third-order valence-corrected chi connectivity index (χ3v) is 4.27. The summed E-state index contributed by atoms with van der Waals surface area (Å²) in [7, 11) is 0. The van der Waals surface area contributed by atoms with Gasteiger partial charge in [-0.2, -0.15) is 0 Å². The summed E-state index contributed by atoms with van der Waals surface area (Å²) in [5.41, 5.74) is 3.81. The first-order chi connectivity index (χ1) is 10.7. The minimum atomic E-state index is 0.0552. The van der Waals surface area contributed by atoms with Crippen LogP contribution in [0.1, 0.15) is 30.5 Å². The van der Waals surface area contributed by atoms with E-state index in [1.165, 1.54) is 11.3 Å². The Labute approximate surface area is 132 Å². The Balaban J connectivity index is 1.51. The van der Waals surface area contributed by atoms with Gasteiger partial charge in [-0.25, -0.2) is 0 Å². The van der Waals surface area contributed by atoms with Crippen molar-refractivity contribution in [2.45, 2.75) is 25.8 Å². The van der Waals surface area contributed by atoms with Crippen molar-refractivity contribution in [2.24, 2.45) is 0 Å². The number of carbonyl (C=O) groups excluding carboxylic acids is 1. The van der Waals surface area contributed by atoms with Gasteiger partial charge in [0.05, 0.1) is 6.04 Å². The maximum atomic E-state index is 12.2. The van der Waals surface area contributed by atoms with Gasteiger partial charge in [-0.3, -0.25) is 4.79 Å². The third-order valence-electron chi connectivity index (χ3n) is 4.27. The molecule has 1 N–H and O–H groups in total. The zero-order valence-electron chi connectivity index (χ0n) is 13.0. The first kappa shape index (κ1) is 14.6. The number of hydrogen-bond acceptors (Lipinski definition) is 2. The zero-order chi connectivity index (χ0) is 15.4. The first-order valence-electron chi connectivity index (χ1n) is 7.91. The molecule has 1 unspecified atom stereocenters. The summed E-state index contributed by atoms with van der Waals surface area (Å²) in [6, 6.07) is 18.6. The molecule has 3 nitrogen and oxygen atoms in total. The van der Waals surface area contributed by atoms with E-state index in [4.69, 9.17) is 0 Å². The van der Waals surface area contributed by atoms with E-state index >= 15 is 0 Å². The van der Waals surface area contributed by atoms with E-state index in [-0.39, 0.29) is 11.9 Å². The molecule has 3 rings (SSSR count). The molecule has 1 amide bonds. The standard InChI is InChI=1S/C19H22N2O/c1-15(16-7-3-2-4-8-16)20-19(22)12-14-21-13-11-17-9-5-6-10-18(17)21/h2-10,15H,11-14H2,1H3,(H,20,22). The number of amides is 1. The summed E-state index contributed by atoms with van der Waals surface area (Å²) in [4.78, 5) is 14.5. The van der Waals surface area contributed by atoms with Gasteiger partial charge in [-0.1, -0.05) is 48.5 Å². The van der Waals surface area contributed by atoms with E-state index in [0.717, 1.165) is 25.1 Å². The number of rotatable bonds is 5. The Kier molecular flexibility index (Phi) is 4.42. The van der Waals surface area contributed by atoms with Crippen LogP contribution in [0.5, 0.6) is 0 Å². The van der Waals surface area contributed by atoms with Gasteiger partial charge in [0, 0.05) is 25.2 Å². The Morgan fingerprint density at radius 3 is 2.68 bits per heavy atom. The molecular weight excluding hydrogens is 272 g/mol. The van der Waals surface area contributed by atoms with Gasteiger partial charge in [0.1, 0.15) is 0 Å². The largest absolute Gasteiger partial charge is 0.370 e. The third kappa shape index (κ3) is 3.30. The number of nitrogens with zero attached hydrogens (tertiary/aromatic N) is 1. The summed E-state index contributed by atoms with van der Waals surface area (Å²) in [6.07, 6.45) is 1.61. The molecule has 0 bridgehead atoms. The lowest BCUT2D eigenvalue weighted by Gasteiger charge is -2.20. The highest BCUT2D eigenvalue weighted by Crippen LogP contribution is 2.27. The van der Waals surface area contributed by atoms with Crippen LogP contribution in [-0.4, -0.2) is 19.0 Å². The van der Waals surface area contributed by atoms with E-state index in [2.05, 4.69) is 34.5 Å². The molecule has 0 radical (unpaired) electrons. The second-order valence-corrected chi connectivity index (χ2v) is 5.82. The topological polar surface area (TPSA) is 32.3 Å². The highest BCUT2D eigenvalue weighted by Gasteiger charge is 2.19. The molecule has 1 heterocycles. The maximum absolute atomic E-state index is 12.2. The summed E-state index contributed by atoms with van der Waals surface area (Å²) < 4.78 is 0. The van der Waals surface area contributed by atoms with Crippen molar-refractivity contribution in [2.75, 3.05) is 18.0 Å². The van der Waals surface area contributed by atoms with Crippen LogP contribution < -0.4 is 10.2 Å². The molecule has 1 aliphatic rings. The van der Waals surface area contributed by atoms with Crippen molar-refractivity contribution < 1.29 is 4.79 Å². The van der Waals surface area contributed by atoms with Crippen molar-refractivity contribution >= 4 is 11.6 Å². The Morgan fingerprint density at radius 1 is 1.14 bits per heavy atom. The molecule has 0 aromatic heterocycles. The fourth-order valence-corrected chi connectivity index (χ4v) is 3.01. The summed E-state index contributed by atoms with van der Waals surface area (Å²) in [5, 5.41) is 3.08. The predicted octanol–water partition coefficient (Wildman–Crippen LogP) is 3.32. The molecule has 3 heteroatoms. The quantitative estimate of drug-likeness (QED) is 0.917. The molecule has 2 aromatic carbocycles. The summed E-state index contributed by atoms with van der Waals surface area (Å²) >= 11 is 0. The average molecular weight is 294 g/mol. The van der Waals surface area contributed by atoms with Crippen molar-refractivity contribution in [3.63, 3.8) is 0 Å².